The summed E-state index contributed by atoms with van der Waals surface area (Å²) in [4.78, 5) is 0. The van der Waals surface area contributed by atoms with Crippen LogP contribution in [-0.2, 0) is 0 Å². The zero-order valence-electron chi connectivity index (χ0n) is 19.0. The van der Waals surface area contributed by atoms with Crippen molar-refractivity contribution in [2.45, 2.75) is 13.8 Å². The van der Waals surface area contributed by atoms with Crippen molar-refractivity contribution < 1.29 is 9.47 Å². The van der Waals surface area contributed by atoms with Gasteiger partial charge in [-0.25, -0.2) is 0 Å². The maximum atomic E-state index is 6.68. The summed E-state index contributed by atoms with van der Waals surface area (Å²) in [6.07, 6.45) is 2.03. The van der Waals surface area contributed by atoms with Crippen molar-refractivity contribution in [1.29, 1.82) is 0 Å². The van der Waals surface area contributed by atoms with Crippen molar-refractivity contribution in [2.75, 3.05) is 13.2 Å². The molecule has 33 heavy (non-hydrogen) atoms. The fraction of sp³-hybridized carbons (Fsp3) is 0.138. The first-order chi connectivity index (χ1) is 16.2. The predicted octanol–water partition coefficient (Wildman–Crippen LogP) is 6.61. The fourth-order valence-corrected chi connectivity index (χ4v) is 5.77. The zero-order chi connectivity index (χ0) is 23.0. The molecule has 0 atom stereocenters. The minimum absolute atomic E-state index is 0.0915. The van der Waals surface area contributed by atoms with E-state index in [9.17, 15) is 0 Å². The molecule has 3 aromatic carbocycles. The summed E-state index contributed by atoms with van der Waals surface area (Å²) in [5.41, 5.74) is 12.0. The van der Waals surface area contributed by atoms with E-state index >= 15 is 0 Å². The van der Waals surface area contributed by atoms with Crippen molar-refractivity contribution in [3.63, 3.8) is 0 Å². The second-order valence-corrected chi connectivity index (χ2v) is 9.75. The molecule has 2 N–H and O–H groups in total. The number of benzene rings is 3. The first-order valence-electron chi connectivity index (χ1n) is 11.1. The SMILES string of the molecule is CCOc1ccc(C=C(N)c2cc(-c3ccccc3)cc(-c3ccccc3)[se+]2)cc1OCC. The first kappa shape index (κ1) is 22.8. The van der Waals surface area contributed by atoms with Crippen LogP contribution in [0.5, 0.6) is 11.5 Å². The second-order valence-electron chi connectivity index (χ2n) is 7.48. The molecule has 0 unspecified atom stereocenters. The molecule has 1 aromatic heterocycles. The van der Waals surface area contributed by atoms with Crippen LogP contribution in [-0.4, -0.2) is 27.7 Å². The van der Waals surface area contributed by atoms with E-state index in [1.54, 1.807) is 0 Å². The fourth-order valence-electron chi connectivity index (χ4n) is 3.59. The van der Waals surface area contributed by atoms with E-state index in [4.69, 9.17) is 15.2 Å². The van der Waals surface area contributed by atoms with E-state index in [-0.39, 0.29) is 14.5 Å². The van der Waals surface area contributed by atoms with Crippen LogP contribution in [0, 0.1) is 0 Å². The third-order valence-electron chi connectivity index (χ3n) is 5.13. The molecule has 0 radical (unpaired) electrons. The summed E-state index contributed by atoms with van der Waals surface area (Å²) < 4.78 is 14.0. The van der Waals surface area contributed by atoms with Crippen LogP contribution < -0.4 is 15.2 Å². The summed E-state index contributed by atoms with van der Waals surface area (Å²) in [5.74, 6) is 1.50. The average Bonchev–Trinajstić information content (AvgIpc) is 2.86. The van der Waals surface area contributed by atoms with Gasteiger partial charge in [-0.2, -0.15) is 0 Å². The number of rotatable bonds is 8. The molecule has 1 heterocycles. The number of ether oxygens (including phenoxy) is 2. The third kappa shape index (κ3) is 5.73. The van der Waals surface area contributed by atoms with Crippen molar-refractivity contribution in [2.24, 2.45) is 5.73 Å². The van der Waals surface area contributed by atoms with E-state index < -0.39 is 0 Å². The van der Waals surface area contributed by atoms with Gasteiger partial charge in [0.1, 0.15) is 0 Å². The summed E-state index contributed by atoms with van der Waals surface area (Å²) in [6.45, 7) is 5.12. The Balaban J connectivity index is 1.77. The first-order valence-corrected chi connectivity index (χ1v) is 12.9. The zero-order valence-corrected chi connectivity index (χ0v) is 20.7. The van der Waals surface area contributed by atoms with E-state index in [1.807, 2.05) is 44.2 Å². The van der Waals surface area contributed by atoms with Gasteiger partial charge in [0.2, 0.25) is 0 Å². The Morgan fingerprint density at radius 2 is 1.36 bits per heavy atom. The van der Waals surface area contributed by atoms with Crippen LogP contribution >= 0.6 is 0 Å². The summed E-state index contributed by atoms with van der Waals surface area (Å²) in [5, 5.41) is 0. The van der Waals surface area contributed by atoms with Gasteiger partial charge in [-0.3, -0.25) is 0 Å². The van der Waals surface area contributed by atoms with Crippen LogP contribution in [0.15, 0.2) is 91.0 Å². The van der Waals surface area contributed by atoms with Gasteiger partial charge in [0.05, 0.1) is 0 Å². The van der Waals surface area contributed by atoms with E-state index in [1.165, 1.54) is 21.1 Å². The normalized spacial score (nSPS) is 11.3. The van der Waals surface area contributed by atoms with E-state index in [2.05, 4.69) is 66.7 Å². The molecule has 0 spiro atoms. The van der Waals surface area contributed by atoms with Crippen LogP contribution in [0.25, 0.3) is 32.9 Å². The standard InChI is InChI=1S/C29H28NO2Se/c1-3-31-26-16-15-21(18-27(26)32-4-2)17-25(30)29-20-24(22-11-7-5-8-12-22)19-28(33-29)23-13-9-6-10-14-23/h5-20H,3-4,30H2,1-2H3/q+1. The maximum absolute atomic E-state index is 6.68. The van der Waals surface area contributed by atoms with Crippen LogP contribution in [0.3, 0.4) is 0 Å². The number of nitrogens with two attached hydrogens (primary N) is 1. The molecule has 0 aliphatic heterocycles. The molecule has 0 amide bonds. The average molecular weight is 502 g/mol. The molecule has 3 nitrogen and oxygen atoms in total. The Morgan fingerprint density at radius 1 is 0.727 bits per heavy atom. The summed E-state index contributed by atoms with van der Waals surface area (Å²) in [7, 11) is 0. The van der Waals surface area contributed by atoms with Gasteiger partial charge < -0.3 is 0 Å². The van der Waals surface area contributed by atoms with Gasteiger partial charge in [0, 0.05) is 0 Å². The number of hydrogen-bond donors (Lipinski definition) is 1. The quantitative estimate of drug-likeness (QED) is 0.276. The monoisotopic (exact) mass is 502 g/mol. The summed E-state index contributed by atoms with van der Waals surface area (Å²) in [6, 6.07) is 31.5. The molecule has 0 fully saturated rings. The molecule has 166 valence electrons. The molecular formula is C29H28NO2Se+. The Labute approximate surface area is 201 Å². The Bertz CT molecular complexity index is 1180. The molecule has 0 bridgehead atoms. The van der Waals surface area contributed by atoms with E-state index in [0.717, 1.165) is 27.2 Å². The van der Waals surface area contributed by atoms with Crippen molar-refractivity contribution >= 4 is 26.3 Å². The van der Waals surface area contributed by atoms with Gasteiger partial charge >= 0.3 is 202 Å². The van der Waals surface area contributed by atoms with Gasteiger partial charge in [0.15, 0.2) is 0 Å². The van der Waals surface area contributed by atoms with Crippen LogP contribution in [0.2, 0.25) is 0 Å². The van der Waals surface area contributed by atoms with Gasteiger partial charge in [-0.15, -0.1) is 0 Å². The molecule has 0 saturated carbocycles. The summed E-state index contributed by atoms with van der Waals surface area (Å²) >= 11 is 0.0915. The van der Waals surface area contributed by atoms with Crippen LogP contribution in [0.1, 0.15) is 23.8 Å². The van der Waals surface area contributed by atoms with Gasteiger partial charge in [-0.1, -0.05) is 0 Å². The molecule has 4 heteroatoms. The number of hydrogen-bond acceptors (Lipinski definition) is 3. The Hall–Kier alpha value is -3.33. The molecule has 0 aliphatic carbocycles. The Kier molecular flexibility index (Phi) is 7.62. The molecule has 4 aromatic rings. The molecule has 4 rings (SSSR count). The van der Waals surface area contributed by atoms with Gasteiger partial charge in [-0.05, 0) is 0 Å². The van der Waals surface area contributed by atoms with E-state index in [0.29, 0.717) is 13.2 Å². The molecule has 0 saturated heterocycles. The van der Waals surface area contributed by atoms with Crippen molar-refractivity contribution in [3.05, 3.63) is 101 Å². The predicted molar refractivity (Wildman–Crippen MR) is 139 cm³/mol. The third-order valence-corrected chi connectivity index (χ3v) is 7.54. The molecular weight excluding hydrogens is 473 g/mol. The van der Waals surface area contributed by atoms with Crippen LogP contribution in [0.4, 0.5) is 0 Å². The Morgan fingerprint density at radius 3 is 2.03 bits per heavy atom. The topological polar surface area (TPSA) is 44.5 Å². The molecule has 0 aliphatic rings. The van der Waals surface area contributed by atoms with Crippen molar-refractivity contribution in [1.82, 2.24) is 0 Å². The van der Waals surface area contributed by atoms with Crippen molar-refractivity contribution in [3.8, 4) is 32.6 Å². The second kappa shape index (κ2) is 11.0. The van der Waals surface area contributed by atoms with Gasteiger partial charge in [0.25, 0.3) is 0 Å². The minimum atomic E-state index is 0.0915.